The number of phenols is 1. The summed E-state index contributed by atoms with van der Waals surface area (Å²) in [6.45, 7) is 0.117. The highest BCUT2D eigenvalue weighted by molar-refractivity contribution is 6.07. The molecule has 5 rings (SSSR count). The maximum absolute atomic E-state index is 14.2. The fraction of sp³-hybridized carbons (Fsp3) is 0.156. The van der Waals surface area contributed by atoms with Gasteiger partial charge in [0.25, 0.3) is 5.91 Å². The Morgan fingerprint density at radius 1 is 0.775 bits per heavy atom. The van der Waals surface area contributed by atoms with Gasteiger partial charge in [0, 0.05) is 6.54 Å². The lowest BCUT2D eigenvalue weighted by Gasteiger charge is -2.36. The number of benzene rings is 4. The molecule has 4 aromatic rings. The van der Waals surface area contributed by atoms with Gasteiger partial charge in [0.2, 0.25) is 0 Å². The zero-order chi connectivity index (χ0) is 28.2. The number of carbonyl (C=O) groups is 3. The Bertz CT molecular complexity index is 1580. The van der Waals surface area contributed by atoms with E-state index in [-0.39, 0.29) is 18.2 Å². The molecule has 0 spiro atoms. The molecule has 0 heterocycles. The van der Waals surface area contributed by atoms with Crippen molar-refractivity contribution in [3.8, 4) is 17.2 Å². The molecule has 8 heteroatoms. The third kappa shape index (κ3) is 5.51. The normalized spacial score (nSPS) is 14.2. The van der Waals surface area contributed by atoms with Gasteiger partial charge in [-0.1, -0.05) is 54.6 Å². The van der Waals surface area contributed by atoms with E-state index in [1.54, 1.807) is 11.0 Å². The topological polar surface area (TPSA) is 124 Å². The van der Waals surface area contributed by atoms with E-state index in [0.29, 0.717) is 17.9 Å². The second-order valence-electron chi connectivity index (χ2n) is 9.63. The third-order valence-electron chi connectivity index (χ3n) is 7.03. The lowest BCUT2D eigenvalue weighted by Crippen LogP contribution is -2.37. The average molecular weight is 538 g/mol. The third-order valence-corrected chi connectivity index (χ3v) is 7.03. The van der Waals surface area contributed by atoms with Gasteiger partial charge in [0.1, 0.15) is 22.8 Å². The van der Waals surface area contributed by atoms with Gasteiger partial charge < -0.3 is 25.0 Å². The van der Waals surface area contributed by atoms with Gasteiger partial charge in [0.15, 0.2) is 0 Å². The Morgan fingerprint density at radius 2 is 1.48 bits per heavy atom. The van der Waals surface area contributed by atoms with Crippen molar-refractivity contribution in [2.24, 2.45) is 0 Å². The Hall–Kier alpha value is -5.11. The van der Waals surface area contributed by atoms with Crippen LogP contribution in [-0.4, -0.2) is 38.1 Å². The minimum atomic E-state index is -1.47. The molecule has 40 heavy (non-hydrogen) atoms. The highest BCUT2D eigenvalue weighted by Crippen LogP contribution is 2.37. The molecule has 1 atom stereocenters. The molecule has 0 fully saturated rings. The molecule has 4 aromatic carbocycles. The number of amides is 1. The molecule has 8 nitrogen and oxygen atoms in total. The maximum atomic E-state index is 14.2. The minimum Gasteiger partial charge on any atom is -0.507 e. The second-order valence-corrected chi connectivity index (χ2v) is 9.63. The van der Waals surface area contributed by atoms with Gasteiger partial charge >= 0.3 is 11.9 Å². The van der Waals surface area contributed by atoms with Crippen LogP contribution in [0, 0.1) is 0 Å². The van der Waals surface area contributed by atoms with E-state index in [1.807, 2.05) is 72.8 Å². The minimum absolute atomic E-state index is 0.117. The van der Waals surface area contributed by atoms with Crippen LogP contribution in [-0.2, 0) is 13.0 Å². The molecule has 1 aliphatic rings. The smallest absolute Gasteiger partial charge is 0.339 e. The van der Waals surface area contributed by atoms with Crippen LogP contribution in [0.5, 0.6) is 17.2 Å². The second kappa shape index (κ2) is 11.3. The molecule has 0 bridgehead atoms. The van der Waals surface area contributed by atoms with Gasteiger partial charge in [-0.15, -0.1) is 0 Å². The van der Waals surface area contributed by atoms with Crippen LogP contribution >= 0.6 is 0 Å². The van der Waals surface area contributed by atoms with E-state index < -0.39 is 34.7 Å². The zero-order valence-electron chi connectivity index (χ0n) is 21.5. The first-order chi connectivity index (χ1) is 19.3. The Kier molecular flexibility index (Phi) is 7.50. The molecule has 0 saturated carbocycles. The summed E-state index contributed by atoms with van der Waals surface area (Å²) in [5, 5.41) is 29.5. The van der Waals surface area contributed by atoms with E-state index in [4.69, 9.17) is 4.74 Å². The number of ether oxygens (including phenoxy) is 1. The largest absolute Gasteiger partial charge is 0.507 e. The number of carbonyl (C=O) groups excluding carboxylic acids is 1. The fourth-order valence-electron chi connectivity index (χ4n) is 5.17. The van der Waals surface area contributed by atoms with Gasteiger partial charge in [-0.05, 0) is 72.4 Å². The molecule has 1 amide bonds. The van der Waals surface area contributed by atoms with Crippen LogP contribution in [0.25, 0.3) is 0 Å². The monoisotopic (exact) mass is 537 g/mol. The molecule has 0 saturated heterocycles. The number of para-hydroxylation sites is 1. The first kappa shape index (κ1) is 26.5. The summed E-state index contributed by atoms with van der Waals surface area (Å²) >= 11 is 0. The number of carboxylic acid groups (broad SMARTS) is 2. The molecule has 1 aliphatic carbocycles. The summed E-state index contributed by atoms with van der Waals surface area (Å²) in [5.74, 6) is -3.05. The van der Waals surface area contributed by atoms with Crippen molar-refractivity contribution in [2.45, 2.75) is 31.8 Å². The molecule has 0 radical (unpaired) electrons. The fourth-order valence-corrected chi connectivity index (χ4v) is 5.17. The van der Waals surface area contributed by atoms with Gasteiger partial charge in [-0.3, -0.25) is 4.79 Å². The SMILES string of the molecule is O=C(O)c1cc(C(=O)N(Cc2cccc(Oc3ccccc3)c2)[C@H]2CCCc3ccccc32)c(C(=O)O)cc1O. The summed E-state index contributed by atoms with van der Waals surface area (Å²) in [5.41, 5.74) is 1.50. The van der Waals surface area contributed by atoms with Gasteiger partial charge in [-0.2, -0.15) is 0 Å². The van der Waals surface area contributed by atoms with Gasteiger partial charge in [-0.25, -0.2) is 9.59 Å². The zero-order valence-corrected chi connectivity index (χ0v) is 21.5. The number of carboxylic acids is 2. The number of fused-ring (bicyclic) bond motifs is 1. The Labute approximate surface area is 230 Å². The molecular formula is C32H27NO7. The molecule has 0 aliphatic heterocycles. The van der Waals surface area contributed by atoms with Crippen molar-refractivity contribution in [1.29, 1.82) is 0 Å². The first-order valence-electron chi connectivity index (χ1n) is 12.9. The number of hydrogen-bond donors (Lipinski definition) is 3. The van der Waals surface area contributed by atoms with Crippen LogP contribution in [0.3, 0.4) is 0 Å². The van der Waals surface area contributed by atoms with Crippen molar-refractivity contribution in [2.75, 3.05) is 0 Å². The van der Waals surface area contributed by atoms with Crippen molar-refractivity contribution in [1.82, 2.24) is 4.90 Å². The first-order valence-corrected chi connectivity index (χ1v) is 12.9. The predicted octanol–water partition coefficient (Wildman–Crippen LogP) is 6.30. The number of aryl methyl sites for hydroxylation is 1. The van der Waals surface area contributed by atoms with Crippen molar-refractivity contribution in [3.63, 3.8) is 0 Å². The van der Waals surface area contributed by atoms with Crippen LogP contribution in [0.15, 0.2) is 91.0 Å². The quantitative estimate of drug-likeness (QED) is 0.241. The summed E-state index contributed by atoms with van der Waals surface area (Å²) in [4.78, 5) is 39.6. The molecule has 0 unspecified atom stereocenters. The molecule has 0 aromatic heterocycles. The van der Waals surface area contributed by atoms with Crippen LogP contribution in [0.2, 0.25) is 0 Å². The number of aromatic hydroxyl groups is 1. The number of rotatable bonds is 8. The van der Waals surface area contributed by atoms with Crippen LogP contribution < -0.4 is 4.74 Å². The molecular weight excluding hydrogens is 510 g/mol. The van der Waals surface area contributed by atoms with Crippen LogP contribution in [0.4, 0.5) is 0 Å². The van der Waals surface area contributed by atoms with Crippen molar-refractivity contribution >= 4 is 17.8 Å². The van der Waals surface area contributed by atoms with Crippen LogP contribution in [0.1, 0.15) is 66.6 Å². The maximum Gasteiger partial charge on any atom is 0.339 e. The van der Waals surface area contributed by atoms with Gasteiger partial charge in [0.05, 0.1) is 17.2 Å². The number of nitrogens with zero attached hydrogens (tertiary/aromatic N) is 1. The Morgan fingerprint density at radius 3 is 2.23 bits per heavy atom. The average Bonchev–Trinajstić information content (AvgIpc) is 2.96. The lowest BCUT2D eigenvalue weighted by atomic mass is 9.86. The summed E-state index contributed by atoms with van der Waals surface area (Å²) in [6, 6.07) is 25.8. The highest BCUT2D eigenvalue weighted by atomic mass is 16.5. The summed E-state index contributed by atoms with van der Waals surface area (Å²) in [6.07, 6.45) is 2.33. The Balaban J connectivity index is 1.58. The van der Waals surface area contributed by atoms with E-state index in [2.05, 4.69) is 0 Å². The molecule has 3 N–H and O–H groups in total. The summed E-state index contributed by atoms with van der Waals surface area (Å²) < 4.78 is 5.98. The highest BCUT2D eigenvalue weighted by Gasteiger charge is 2.33. The number of aromatic carboxylic acids is 2. The van der Waals surface area contributed by atoms with E-state index in [1.165, 1.54) is 0 Å². The van der Waals surface area contributed by atoms with E-state index >= 15 is 0 Å². The van der Waals surface area contributed by atoms with E-state index in [0.717, 1.165) is 41.7 Å². The molecule has 202 valence electrons. The lowest BCUT2D eigenvalue weighted by molar-refractivity contribution is 0.0614. The van der Waals surface area contributed by atoms with Crippen molar-refractivity contribution in [3.05, 3.63) is 124 Å². The summed E-state index contributed by atoms with van der Waals surface area (Å²) in [7, 11) is 0. The van der Waals surface area contributed by atoms with Crippen molar-refractivity contribution < 1.29 is 34.4 Å². The van der Waals surface area contributed by atoms with E-state index in [9.17, 15) is 29.7 Å². The standard InChI is InChI=1S/C32H27NO7/c34-29-18-26(31(36)37)25(17-27(29)32(38)39)30(35)33(28-15-7-10-21-9-4-5-14-24(21)28)19-20-8-6-13-23(16-20)40-22-11-2-1-3-12-22/h1-6,8-9,11-14,16-18,28,34H,7,10,15,19H2,(H,36,37)(H,38,39)/t28-/m0/s1. The number of hydrogen-bond acceptors (Lipinski definition) is 5. The predicted molar refractivity (Wildman–Crippen MR) is 147 cm³/mol.